The fourth-order valence-electron chi connectivity index (χ4n) is 1.63. The van der Waals surface area contributed by atoms with Crippen LogP contribution >= 0.6 is 24.0 Å². The quantitative estimate of drug-likeness (QED) is 0.654. The first-order chi connectivity index (χ1) is 8.18. The Bertz CT molecular complexity index is 443. The molecule has 1 aliphatic rings. The number of rotatable bonds is 2. The summed E-state index contributed by atoms with van der Waals surface area (Å²) in [6.07, 6.45) is 0. The lowest BCUT2D eigenvalue weighted by Crippen LogP contribution is -2.40. The van der Waals surface area contributed by atoms with Crippen LogP contribution in [-0.2, 0) is 9.59 Å². The highest BCUT2D eigenvalue weighted by Gasteiger charge is 2.33. The molecule has 1 heterocycles. The van der Waals surface area contributed by atoms with Crippen LogP contribution in [0, 0.1) is 5.92 Å². The summed E-state index contributed by atoms with van der Waals surface area (Å²) in [5.41, 5.74) is 0.802. The molecule has 0 aromatic heterocycles. The highest BCUT2D eigenvalue weighted by atomic mass is 32.2. The number of nitrogens with one attached hydrogen (secondary N) is 1. The summed E-state index contributed by atoms with van der Waals surface area (Å²) in [5, 5.41) is 2.95. The van der Waals surface area contributed by atoms with Gasteiger partial charge in [0.2, 0.25) is 0 Å². The van der Waals surface area contributed by atoms with Gasteiger partial charge < -0.3 is 5.32 Å². The van der Waals surface area contributed by atoms with Gasteiger partial charge in [-0.05, 0) is 12.1 Å². The molecular weight excluding hydrogens is 254 g/mol. The van der Waals surface area contributed by atoms with Crippen molar-refractivity contribution in [1.29, 1.82) is 0 Å². The molecule has 88 valence electrons. The number of carbonyl (C=O) groups excluding carboxylic acids is 2. The van der Waals surface area contributed by atoms with Crippen molar-refractivity contribution in [3.8, 4) is 0 Å². The Hall–Kier alpha value is -1.20. The largest absolute Gasteiger partial charge is 0.349 e. The number of thiocarbonyl (C=S) groups is 1. The maximum absolute atomic E-state index is 11.7. The van der Waals surface area contributed by atoms with E-state index < -0.39 is 5.92 Å². The van der Waals surface area contributed by atoms with E-state index in [1.807, 2.05) is 30.3 Å². The number of carbonyl (C=O) groups is 2. The molecule has 0 spiro atoms. The number of hydrogen-bond acceptors (Lipinski definition) is 4. The van der Waals surface area contributed by atoms with Crippen molar-refractivity contribution in [3.63, 3.8) is 0 Å². The van der Waals surface area contributed by atoms with E-state index in [1.54, 1.807) is 0 Å². The zero-order chi connectivity index (χ0) is 12.3. The molecule has 1 saturated heterocycles. The summed E-state index contributed by atoms with van der Waals surface area (Å²) in [6.45, 7) is 0. The monoisotopic (exact) mass is 265 g/mol. The molecule has 1 aromatic carbocycles. The van der Waals surface area contributed by atoms with E-state index in [-0.39, 0.29) is 11.6 Å². The number of hydrogen-bond donors (Lipinski definition) is 1. The lowest BCUT2D eigenvalue weighted by atomic mass is 10.00. The van der Waals surface area contributed by atoms with Gasteiger partial charge in [0, 0.05) is 5.69 Å². The van der Waals surface area contributed by atoms with E-state index in [0.717, 1.165) is 5.69 Å². The van der Waals surface area contributed by atoms with Crippen molar-refractivity contribution in [3.05, 3.63) is 30.3 Å². The van der Waals surface area contributed by atoms with Crippen LogP contribution in [-0.4, -0.2) is 28.1 Å². The predicted molar refractivity (Wildman–Crippen MR) is 73.5 cm³/mol. The van der Waals surface area contributed by atoms with E-state index in [1.165, 1.54) is 11.8 Å². The SMILES string of the molecule is O=C1CSCC(=O)C1C(=S)Nc1ccccc1. The molecule has 0 aliphatic carbocycles. The Morgan fingerprint density at radius 3 is 2.35 bits per heavy atom. The molecule has 1 aromatic rings. The zero-order valence-corrected chi connectivity index (χ0v) is 10.6. The average Bonchev–Trinajstić information content (AvgIpc) is 2.30. The van der Waals surface area contributed by atoms with Crippen molar-refractivity contribution in [2.75, 3.05) is 16.8 Å². The third-order valence-electron chi connectivity index (χ3n) is 2.44. The second kappa shape index (κ2) is 5.42. The number of anilines is 1. The summed E-state index contributed by atoms with van der Waals surface area (Å²) < 4.78 is 0. The molecule has 0 unspecified atom stereocenters. The maximum atomic E-state index is 11.7. The minimum Gasteiger partial charge on any atom is -0.349 e. The van der Waals surface area contributed by atoms with E-state index in [9.17, 15) is 9.59 Å². The topological polar surface area (TPSA) is 46.2 Å². The van der Waals surface area contributed by atoms with Crippen LogP contribution in [0.5, 0.6) is 0 Å². The van der Waals surface area contributed by atoms with E-state index in [4.69, 9.17) is 12.2 Å². The van der Waals surface area contributed by atoms with Crippen molar-refractivity contribution in [2.45, 2.75) is 0 Å². The smallest absolute Gasteiger partial charge is 0.160 e. The van der Waals surface area contributed by atoms with Crippen LogP contribution in [0.3, 0.4) is 0 Å². The average molecular weight is 265 g/mol. The van der Waals surface area contributed by atoms with Crippen LogP contribution in [0.4, 0.5) is 5.69 Å². The lowest BCUT2D eigenvalue weighted by molar-refractivity contribution is -0.127. The minimum atomic E-state index is -0.758. The van der Waals surface area contributed by atoms with Gasteiger partial charge in [-0.3, -0.25) is 9.59 Å². The number of benzene rings is 1. The Balaban J connectivity index is 2.09. The second-order valence-corrected chi connectivity index (χ2v) is 5.14. The van der Waals surface area contributed by atoms with Gasteiger partial charge in [0.1, 0.15) is 5.92 Å². The van der Waals surface area contributed by atoms with E-state index in [2.05, 4.69) is 5.32 Å². The van der Waals surface area contributed by atoms with Crippen LogP contribution in [0.15, 0.2) is 30.3 Å². The summed E-state index contributed by atoms with van der Waals surface area (Å²) in [4.78, 5) is 23.6. The van der Waals surface area contributed by atoms with Crippen LogP contribution < -0.4 is 5.32 Å². The third-order valence-corrected chi connectivity index (χ3v) is 3.75. The molecule has 1 fully saturated rings. The fraction of sp³-hybridized carbons (Fsp3) is 0.250. The highest BCUT2D eigenvalue weighted by molar-refractivity contribution is 8.00. The molecular formula is C12H11NO2S2. The molecule has 1 aliphatic heterocycles. The lowest BCUT2D eigenvalue weighted by Gasteiger charge is -2.20. The summed E-state index contributed by atoms with van der Waals surface area (Å²) in [6, 6.07) is 9.32. The standard InChI is InChI=1S/C12H11NO2S2/c14-9-6-17-7-10(15)11(9)12(16)13-8-4-2-1-3-5-8/h1-5,11H,6-7H2,(H,13,16). The predicted octanol–water partition coefficient (Wildman–Crippen LogP) is 1.93. The van der Waals surface area contributed by atoms with Crippen LogP contribution in [0.25, 0.3) is 0 Å². The molecule has 2 rings (SSSR count). The van der Waals surface area contributed by atoms with Crippen molar-refractivity contribution in [2.24, 2.45) is 5.92 Å². The molecule has 0 bridgehead atoms. The number of ketones is 2. The maximum Gasteiger partial charge on any atom is 0.160 e. The van der Waals surface area contributed by atoms with Gasteiger partial charge in [0.25, 0.3) is 0 Å². The Morgan fingerprint density at radius 2 is 1.76 bits per heavy atom. The van der Waals surface area contributed by atoms with Crippen molar-refractivity contribution in [1.82, 2.24) is 0 Å². The summed E-state index contributed by atoms with van der Waals surface area (Å²) in [5.74, 6) is -0.217. The summed E-state index contributed by atoms with van der Waals surface area (Å²) >= 11 is 6.50. The normalized spacial score (nSPS) is 16.9. The molecule has 3 nitrogen and oxygen atoms in total. The van der Waals surface area contributed by atoms with Gasteiger partial charge in [0.15, 0.2) is 11.6 Å². The molecule has 0 amide bonds. The number of Topliss-reactive ketones (excluding diaryl/α,β-unsaturated/α-hetero) is 2. The fourth-order valence-corrected chi connectivity index (χ4v) is 2.85. The Morgan fingerprint density at radius 1 is 1.18 bits per heavy atom. The van der Waals surface area contributed by atoms with Crippen molar-refractivity contribution < 1.29 is 9.59 Å². The molecule has 5 heteroatoms. The first kappa shape index (κ1) is 12.3. The zero-order valence-electron chi connectivity index (χ0n) is 9.01. The van der Waals surface area contributed by atoms with Crippen molar-refractivity contribution >= 4 is 46.2 Å². The van der Waals surface area contributed by atoms with Crippen LogP contribution in [0.1, 0.15) is 0 Å². The molecule has 0 atom stereocenters. The number of para-hydroxylation sites is 1. The second-order valence-electron chi connectivity index (χ2n) is 3.71. The van der Waals surface area contributed by atoms with Gasteiger partial charge in [-0.2, -0.15) is 0 Å². The number of thioether (sulfide) groups is 1. The van der Waals surface area contributed by atoms with Gasteiger partial charge in [-0.25, -0.2) is 0 Å². The first-order valence-electron chi connectivity index (χ1n) is 5.17. The van der Waals surface area contributed by atoms with Crippen LogP contribution in [0.2, 0.25) is 0 Å². The summed E-state index contributed by atoms with van der Waals surface area (Å²) in [7, 11) is 0. The molecule has 1 N–H and O–H groups in total. The van der Waals surface area contributed by atoms with Gasteiger partial charge >= 0.3 is 0 Å². The Kier molecular flexibility index (Phi) is 3.91. The van der Waals surface area contributed by atoms with Gasteiger partial charge in [0.05, 0.1) is 16.5 Å². The molecule has 0 saturated carbocycles. The van der Waals surface area contributed by atoms with E-state index >= 15 is 0 Å². The van der Waals surface area contributed by atoms with E-state index in [0.29, 0.717) is 16.5 Å². The Labute approximate surface area is 109 Å². The molecule has 17 heavy (non-hydrogen) atoms. The van der Waals surface area contributed by atoms with Gasteiger partial charge in [-0.15, -0.1) is 11.8 Å². The minimum absolute atomic E-state index is 0.0975. The third kappa shape index (κ3) is 2.92. The molecule has 0 radical (unpaired) electrons. The highest BCUT2D eigenvalue weighted by Crippen LogP contribution is 2.19. The first-order valence-corrected chi connectivity index (χ1v) is 6.74. The van der Waals surface area contributed by atoms with Gasteiger partial charge in [-0.1, -0.05) is 30.4 Å².